The first-order chi connectivity index (χ1) is 12.4. The van der Waals surface area contributed by atoms with E-state index in [1.54, 1.807) is 13.0 Å². The normalized spacial score (nSPS) is 14.3. The Morgan fingerprint density at radius 2 is 2.12 bits per heavy atom. The van der Waals surface area contributed by atoms with Crippen molar-refractivity contribution >= 4 is 5.96 Å². The molecule has 0 fully saturated rings. The smallest absolute Gasteiger partial charge is 0.191 e. The van der Waals surface area contributed by atoms with Gasteiger partial charge in [-0.3, -0.25) is 0 Å². The van der Waals surface area contributed by atoms with Crippen molar-refractivity contribution < 1.29 is 9.52 Å². The van der Waals surface area contributed by atoms with Crippen molar-refractivity contribution in [3.63, 3.8) is 0 Å². The van der Waals surface area contributed by atoms with Crippen LogP contribution in [-0.2, 0) is 12.1 Å². The van der Waals surface area contributed by atoms with Crippen molar-refractivity contribution in [2.75, 3.05) is 19.6 Å². The molecule has 144 valence electrons. The maximum Gasteiger partial charge on any atom is 0.191 e. The fourth-order valence-corrected chi connectivity index (χ4v) is 2.63. The van der Waals surface area contributed by atoms with Gasteiger partial charge in [0.25, 0.3) is 0 Å². The zero-order chi connectivity index (χ0) is 19.0. The van der Waals surface area contributed by atoms with E-state index in [1.165, 1.54) is 0 Å². The topological polar surface area (TPSA) is 87.6 Å². The number of aryl methyl sites for hydroxylation is 3. The van der Waals surface area contributed by atoms with Crippen LogP contribution in [-0.4, -0.2) is 40.3 Å². The van der Waals surface area contributed by atoms with Gasteiger partial charge in [-0.15, -0.1) is 0 Å². The number of furan rings is 1. The second-order valence-corrected chi connectivity index (χ2v) is 6.68. The molecule has 1 unspecified atom stereocenters. The maximum absolute atomic E-state index is 10.6. The summed E-state index contributed by atoms with van der Waals surface area (Å²) in [7, 11) is 0. The largest absolute Gasteiger partial charge is 0.463 e. The molecule has 0 aliphatic rings. The van der Waals surface area contributed by atoms with Gasteiger partial charge < -0.3 is 24.7 Å². The van der Waals surface area contributed by atoms with E-state index in [4.69, 9.17) is 4.42 Å². The highest BCUT2D eigenvalue weighted by molar-refractivity contribution is 5.79. The molecule has 0 bridgehead atoms. The summed E-state index contributed by atoms with van der Waals surface area (Å²) in [4.78, 5) is 8.73. The number of nitrogens with zero attached hydrogens (tertiary/aromatic N) is 3. The van der Waals surface area contributed by atoms with Crippen LogP contribution >= 0.6 is 0 Å². The Labute approximate surface area is 155 Å². The molecule has 26 heavy (non-hydrogen) atoms. The monoisotopic (exact) mass is 361 g/mol. The van der Waals surface area contributed by atoms with Gasteiger partial charge in [-0.25, -0.2) is 9.98 Å². The number of aromatic nitrogens is 2. The fraction of sp³-hybridized carbons (Fsp3) is 0.579. The lowest BCUT2D eigenvalue weighted by Gasteiger charge is -2.19. The summed E-state index contributed by atoms with van der Waals surface area (Å²) in [6.07, 6.45) is 5.92. The van der Waals surface area contributed by atoms with Crippen LogP contribution in [0.2, 0.25) is 0 Å². The summed E-state index contributed by atoms with van der Waals surface area (Å²) >= 11 is 0. The van der Waals surface area contributed by atoms with Crippen LogP contribution in [0.15, 0.2) is 33.9 Å². The first-order valence-corrected chi connectivity index (χ1v) is 9.21. The Morgan fingerprint density at radius 1 is 1.31 bits per heavy atom. The summed E-state index contributed by atoms with van der Waals surface area (Å²) in [5, 5.41) is 17.1. The molecule has 0 aliphatic carbocycles. The van der Waals surface area contributed by atoms with Crippen molar-refractivity contribution in [1.29, 1.82) is 0 Å². The minimum atomic E-state index is -1.13. The second kappa shape index (κ2) is 9.43. The average molecular weight is 361 g/mol. The highest BCUT2D eigenvalue weighted by Gasteiger charge is 2.26. The first-order valence-electron chi connectivity index (χ1n) is 9.21. The van der Waals surface area contributed by atoms with Gasteiger partial charge in [0.15, 0.2) is 5.96 Å². The van der Waals surface area contributed by atoms with Gasteiger partial charge in [-0.05, 0) is 52.7 Å². The van der Waals surface area contributed by atoms with Crippen LogP contribution < -0.4 is 10.6 Å². The lowest BCUT2D eigenvalue weighted by Crippen LogP contribution is -2.39. The lowest BCUT2D eigenvalue weighted by molar-refractivity contribution is 0.0428. The number of guanidine groups is 1. The number of nitrogens with one attached hydrogen (secondary N) is 2. The number of unbranched alkanes of at least 4 members (excludes halogenated alkanes) is 1. The Bertz CT molecular complexity index is 702. The quantitative estimate of drug-likeness (QED) is 0.362. The third-order valence-corrected chi connectivity index (χ3v) is 4.20. The summed E-state index contributed by atoms with van der Waals surface area (Å²) in [6, 6.07) is 3.64. The zero-order valence-corrected chi connectivity index (χ0v) is 16.2. The fourth-order valence-electron chi connectivity index (χ4n) is 2.63. The standard InChI is InChI=1S/C19H31N5O2/c1-5-20-18(22-10-6-7-12-24-13-11-21-16(24)3)23-14-19(4,25)17-9-8-15(2)26-17/h8-9,11,13,25H,5-7,10,12,14H2,1-4H3,(H2,20,22,23). The van der Waals surface area contributed by atoms with E-state index in [0.717, 1.165) is 44.1 Å². The molecule has 2 aromatic rings. The summed E-state index contributed by atoms with van der Waals surface area (Å²) in [5.74, 6) is 3.06. The van der Waals surface area contributed by atoms with Gasteiger partial charge in [0.2, 0.25) is 0 Å². The minimum absolute atomic E-state index is 0.226. The van der Waals surface area contributed by atoms with Crippen LogP contribution in [0.3, 0.4) is 0 Å². The third kappa shape index (κ3) is 5.91. The SMILES string of the molecule is CCNC(=NCC(C)(O)c1ccc(C)o1)NCCCCn1ccnc1C. The molecule has 0 aliphatic heterocycles. The molecule has 0 saturated heterocycles. The Kier molecular flexibility index (Phi) is 7.26. The van der Waals surface area contributed by atoms with E-state index in [-0.39, 0.29) is 6.54 Å². The molecule has 0 radical (unpaired) electrons. The highest BCUT2D eigenvalue weighted by atomic mass is 16.4. The van der Waals surface area contributed by atoms with E-state index in [9.17, 15) is 5.11 Å². The van der Waals surface area contributed by atoms with E-state index in [1.807, 2.05) is 39.2 Å². The molecule has 7 nitrogen and oxygen atoms in total. The molecule has 2 heterocycles. The van der Waals surface area contributed by atoms with Crippen LogP contribution in [0.4, 0.5) is 0 Å². The highest BCUT2D eigenvalue weighted by Crippen LogP contribution is 2.22. The summed E-state index contributed by atoms with van der Waals surface area (Å²) < 4.78 is 7.69. The molecule has 7 heteroatoms. The first kappa shape index (κ1) is 20.0. The van der Waals surface area contributed by atoms with Crippen LogP contribution in [0.25, 0.3) is 0 Å². The van der Waals surface area contributed by atoms with Crippen molar-refractivity contribution in [2.45, 2.75) is 52.7 Å². The predicted molar refractivity (Wildman–Crippen MR) is 103 cm³/mol. The maximum atomic E-state index is 10.6. The summed E-state index contributed by atoms with van der Waals surface area (Å²) in [6.45, 7) is 10.4. The van der Waals surface area contributed by atoms with Crippen LogP contribution in [0.1, 0.15) is 44.0 Å². The van der Waals surface area contributed by atoms with Gasteiger partial charge >= 0.3 is 0 Å². The molecule has 2 rings (SSSR count). The Balaban J connectivity index is 1.79. The second-order valence-electron chi connectivity index (χ2n) is 6.68. The van der Waals surface area contributed by atoms with E-state index >= 15 is 0 Å². The van der Waals surface area contributed by atoms with Crippen molar-refractivity contribution in [1.82, 2.24) is 20.2 Å². The number of aliphatic imine (C=N–C) groups is 1. The molecular weight excluding hydrogens is 330 g/mol. The number of rotatable bonds is 9. The van der Waals surface area contributed by atoms with Gasteiger partial charge in [0, 0.05) is 32.0 Å². The molecule has 2 aromatic heterocycles. The number of aliphatic hydroxyl groups is 1. The molecule has 1 atom stereocenters. The van der Waals surface area contributed by atoms with E-state index in [2.05, 4.69) is 25.2 Å². The van der Waals surface area contributed by atoms with Crippen molar-refractivity contribution in [3.05, 3.63) is 41.9 Å². The Morgan fingerprint density at radius 3 is 2.73 bits per heavy atom. The van der Waals surface area contributed by atoms with Gasteiger partial charge in [-0.2, -0.15) is 0 Å². The number of hydrogen-bond donors (Lipinski definition) is 3. The number of imidazole rings is 1. The van der Waals surface area contributed by atoms with E-state index in [0.29, 0.717) is 11.7 Å². The van der Waals surface area contributed by atoms with Crippen LogP contribution in [0.5, 0.6) is 0 Å². The van der Waals surface area contributed by atoms with Crippen molar-refractivity contribution in [3.8, 4) is 0 Å². The predicted octanol–water partition coefficient (Wildman–Crippen LogP) is 2.34. The average Bonchev–Trinajstić information content (AvgIpc) is 3.21. The van der Waals surface area contributed by atoms with Gasteiger partial charge in [-0.1, -0.05) is 0 Å². The van der Waals surface area contributed by atoms with Gasteiger partial charge in [0.05, 0.1) is 6.54 Å². The Hall–Kier alpha value is -2.28. The molecule has 0 amide bonds. The third-order valence-electron chi connectivity index (χ3n) is 4.20. The summed E-state index contributed by atoms with van der Waals surface area (Å²) in [5.41, 5.74) is -1.13. The lowest BCUT2D eigenvalue weighted by atomic mass is 10.0. The van der Waals surface area contributed by atoms with Crippen molar-refractivity contribution in [2.24, 2.45) is 4.99 Å². The molecular formula is C19H31N5O2. The molecule has 0 spiro atoms. The van der Waals surface area contributed by atoms with E-state index < -0.39 is 5.60 Å². The molecule has 3 N–H and O–H groups in total. The number of hydrogen-bond acceptors (Lipinski definition) is 4. The van der Waals surface area contributed by atoms with Gasteiger partial charge in [0.1, 0.15) is 22.9 Å². The molecule has 0 saturated carbocycles. The minimum Gasteiger partial charge on any atom is -0.463 e. The van der Waals surface area contributed by atoms with Crippen LogP contribution in [0, 0.1) is 13.8 Å². The molecule has 0 aromatic carbocycles. The zero-order valence-electron chi connectivity index (χ0n) is 16.2.